The van der Waals surface area contributed by atoms with Crippen molar-refractivity contribution in [1.82, 2.24) is 24.4 Å². The van der Waals surface area contributed by atoms with Gasteiger partial charge in [0.15, 0.2) is 5.83 Å². The fourth-order valence-corrected chi connectivity index (χ4v) is 6.37. The van der Waals surface area contributed by atoms with Crippen LogP contribution in [0.15, 0.2) is 55.1 Å². The average Bonchev–Trinajstić information content (AvgIpc) is 3.45. The second-order valence-corrected chi connectivity index (χ2v) is 11.5. The molecule has 4 aromatic rings. The molecule has 2 aliphatic rings. The molecule has 10 nitrogen and oxygen atoms in total. The number of nitrogens with zero attached hydrogens (tertiary/aromatic N) is 8. The minimum absolute atomic E-state index is 0.0298. The average molecular weight is 633 g/mol. The molecule has 0 radical (unpaired) electrons. The number of piperazine rings is 1. The smallest absolute Gasteiger partial charge is 0.318 e. The van der Waals surface area contributed by atoms with Crippen molar-refractivity contribution >= 4 is 39.8 Å². The minimum Gasteiger partial charge on any atom is -0.463 e. The number of hydrogen-bond donors (Lipinski definition) is 0. The molecule has 45 heavy (non-hydrogen) atoms. The fraction of sp³-hybridized carbons (Fsp3) is 0.344. The molecule has 6 rings (SSSR count). The molecule has 1 amide bonds. The number of hydrogen-bond acceptors (Lipinski definition) is 8. The summed E-state index contributed by atoms with van der Waals surface area (Å²) in [6.07, 6.45) is 4.74. The predicted octanol–water partition coefficient (Wildman–Crippen LogP) is 4.75. The van der Waals surface area contributed by atoms with Crippen molar-refractivity contribution in [3.8, 4) is 12.1 Å². The highest BCUT2D eigenvalue weighted by molar-refractivity contribution is 6.36. The van der Waals surface area contributed by atoms with Crippen LogP contribution in [0.3, 0.4) is 0 Å². The van der Waals surface area contributed by atoms with Crippen LogP contribution in [0.25, 0.3) is 10.8 Å². The topological polar surface area (TPSA) is 103 Å². The molecule has 232 valence electrons. The van der Waals surface area contributed by atoms with E-state index in [1.165, 1.54) is 11.0 Å². The molecular formula is C32H31ClF2N8O2. The molecule has 0 N–H and O–H groups in total. The van der Waals surface area contributed by atoms with Crippen molar-refractivity contribution in [3.05, 3.63) is 83.1 Å². The van der Waals surface area contributed by atoms with Crippen molar-refractivity contribution in [1.29, 1.82) is 5.26 Å². The Morgan fingerprint density at radius 2 is 2.04 bits per heavy atom. The summed E-state index contributed by atoms with van der Waals surface area (Å²) in [7, 11) is 1.91. The quantitative estimate of drug-likeness (QED) is 0.256. The normalized spacial score (nSPS) is 16.4. The maximum atomic E-state index is 14.5. The van der Waals surface area contributed by atoms with E-state index in [9.17, 15) is 18.8 Å². The van der Waals surface area contributed by atoms with Gasteiger partial charge in [-0.1, -0.05) is 36.4 Å². The Labute approximate surface area is 264 Å². The standard InChI is InChI=1S/C32H31ClF2N8O2/c1-20(34)31(44)43-16-15-42(18-22(43)8-11-36)30-23-9-13-41(26-5-3-4-21-6-7-24(35)29(33)28(21)26)19-25(23)38-32(39-30)45-17-10-27-37-12-14-40(27)2/h3-7,12,14,22H,1,8-10,13,15-19H2,2H3/t22-/m0/s1. The number of nitriles is 1. The van der Waals surface area contributed by atoms with Crippen LogP contribution in [0.2, 0.25) is 5.02 Å². The molecule has 13 heteroatoms. The number of imidazole rings is 1. The van der Waals surface area contributed by atoms with Gasteiger partial charge >= 0.3 is 6.01 Å². The molecule has 0 spiro atoms. The summed E-state index contributed by atoms with van der Waals surface area (Å²) in [5, 5.41) is 11.0. The van der Waals surface area contributed by atoms with Gasteiger partial charge in [0.1, 0.15) is 17.5 Å². The van der Waals surface area contributed by atoms with E-state index in [0.29, 0.717) is 50.3 Å². The first-order valence-electron chi connectivity index (χ1n) is 14.6. The van der Waals surface area contributed by atoms with Gasteiger partial charge in [0.2, 0.25) is 0 Å². The van der Waals surface area contributed by atoms with E-state index < -0.39 is 23.6 Å². The van der Waals surface area contributed by atoms with Crippen LogP contribution in [0, 0.1) is 17.1 Å². The van der Waals surface area contributed by atoms with Crippen molar-refractivity contribution < 1.29 is 18.3 Å². The number of ether oxygens (including phenoxy) is 1. The van der Waals surface area contributed by atoms with Crippen LogP contribution in [-0.2, 0) is 31.2 Å². The molecule has 1 fully saturated rings. The zero-order valence-electron chi connectivity index (χ0n) is 24.7. The van der Waals surface area contributed by atoms with Gasteiger partial charge in [-0.05, 0) is 23.9 Å². The van der Waals surface area contributed by atoms with Gasteiger partial charge in [0.05, 0.1) is 42.4 Å². The van der Waals surface area contributed by atoms with Gasteiger partial charge in [-0.3, -0.25) is 4.79 Å². The van der Waals surface area contributed by atoms with Crippen LogP contribution in [0.4, 0.5) is 20.3 Å². The Morgan fingerprint density at radius 3 is 2.80 bits per heavy atom. The Balaban J connectivity index is 1.34. The number of aryl methyl sites for hydroxylation is 1. The van der Waals surface area contributed by atoms with E-state index >= 15 is 0 Å². The molecule has 1 atom stereocenters. The summed E-state index contributed by atoms with van der Waals surface area (Å²) < 4.78 is 36.3. The third-order valence-electron chi connectivity index (χ3n) is 8.36. The summed E-state index contributed by atoms with van der Waals surface area (Å²) >= 11 is 6.47. The SMILES string of the molecule is C=C(F)C(=O)N1CCN(c2nc(OCCc3nccn3C)nc3c2CCN(c2cccc4ccc(F)c(Cl)c24)C3)C[C@@H]1CC#N. The molecule has 2 aromatic heterocycles. The van der Waals surface area contributed by atoms with E-state index in [-0.39, 0.29) is 30.5 Å². The van der Waals surface area contributed by atoms with Crippen molar-refractivity contribution in [2.24, 2.45) is 7.05 Å². The Morgan fingerprint density at radius 1 is 1.20 bits per heavy atom. The van der Waals surface area contributed by atoms with Crippen LogP contribution in [0.5, 0.6) is 6.01 Å². The number of rotatable bonds is 8. The van der Waals surface area contributed by atoms with Gasteiger partial charge in [-0.15, -0.1) is 0 Å². The second-order valence-electron chi connectivity index (χ2n) is 11.1. The van der Waals surface area contributed by atoms with Crippen LogP contribution in [-0.4, -0.2) is 69.2 Å². The molecule has 4 heterocycles. The summed E-state index contributed by atoms with van der Waals surface area (Å²) in [6, 6.07) is 10.6. The predicted molar refractivity (Wildman–Crippen MR) is 166 cm³/mol. The first-order chi connectivity index (χ1) is 21.7. The maximum absolute atomic E-state index is 14.5. The number of benzene rings is 2. The second kappa shape index (κ2) is 12.7. The summed E-state index contributed by atoms with van der Waals surface area (Å²) in [5.41, 5.74) is 2.47. The third kappa shape index (κ3) is 6.00. The third-order valence-corrected chi connectivity index (χ3v) is 8.73. The van der Waals surface area contributed by atoms with Gasteiger partial charge in [-0.2, -0.15) is 15.2 Å². The number of carbonyl (C=O) groups is 1. The summed E-state index contributed by atoms with van der Waals surface area (Å²) in [4.78, 5) is 32.0. The summed E-state index contributed by atoms with van der Waals surface area (Å²) in [6.45, 7) is 5.30. The molecule has 2 aromatic carbocycles. The van der Waals surface area contributed by atoms with Crippen molar-refractivity contribution in [3.63, 3.8) is 0 Å². The van der Waals surface area contributed by atoms with E-state index in [0.717, 1.165) is 28.2 Å². The molecule has 0 unspecified atom stereocenters. The van der Waals surface area contributed by atoms with Crippen molar-refractivity contribution in [2.45, 2.75) is 31.8 Å². The summed E-state index contributed by atoms with van der Waals surface area (Å²) in [5.74, 6) is -0.832. The maximum Gasteiger partial charge on any atom is 0.318 e. The zero-order valence-corrected chi connectivity index (χ0v) is 25.5. The van der Waals surface area contributed by atoms with E-state index in [2.05, 4.69) is 22.5 Å². The lowest BCUT2D eigenvalue weighted by molar-refractivity contribution is -0.131. The Hall–Kier alpha value is -4.76. The molecule has 0 bridgehead atoms. The number of anilines is 2. The largest absolute Gasteiger partial charge is 0.463 e. The van der Waals surface area contributed by atoms with E-state index in [1.807, 2.05) is 40.9 Å². The van der Waals surface area contributed by atoms with Crippen LogP contribution in [0.1, 0.15) is 23.5 Å². The molecule has 0 aliphatic carbocycles. The number of fused-ring (bicyclic) bond motifs is 2. The number of aromatic nitrogens is 4. The van der Waals surface area contributed by atoms with E-state index in [1.54, 1.807) is 12.3 Å². The lowest BCUT2D eigenvalue weighted by Gasteiger charge is -2.42. The Bertz CT molecular complexity index is 1820. The lowest BCUT2D eigenvalue weighted by atomic mass is 10.0. The van der Waals surface area contributed by atoms with Crippen LogP contribution >= 0.6 is 11.6 Å². The van der Waals surface area contributed by atoms with Crippen LogP contribution < -0.4 is 14.5 Å². The first-order valence-corrected chi connectivity index (χ1v) is 15.0. The fourth-order valence-electron chi connectivity index (χ4n) is 6.10. The monoisotopic (exact) mass is 632 g/mol. The lowest BCUT2D eigenvalue weighted by Crippen LogP contribution is -2.55. The number of amides is 1. The number of carbonyl (C=O) groups excluding carboxylic acids is 1. The van der Waals surface area contributed by atoms with Crippen molar-refractivity contribution in [2.75, 3.05) is 42.6 Å². The van der Waals surface area contributed by atoms with E-state index in [4.69, 9.17) is 26.3 Å². The highest BCUT2D eigenvalue weighted by atomic mass is 35.5. The molecule has 0 saturated carbocycles. The van der Waals surface area contributed by atoms with Gasteiger partial charge in [0.25, 0.3) is 5.91 Å². The van der Waals surface area contributed by atoms with Gasteiger partial charge < -0.3 is 24.0 Å². The minimum atomic E-state index is -1.05. The number of halogens is 3. The van der Waals surface area contributed by atoms with Gasteiger partial charge in [-0.25, -0.2) is 13.8 Å². The first kappa shape index (κ1) is 30.3. The molecule has 2 aliphatic heterocycles. The highest BCUT2D eigenvalue weighted by Gasteiger charge is 2.35. The molecular weight excluding hydrogens is 602 g/mol. The van der Waals surface area contributed by atoms with Gasteiger partial charge in [0, 0.05) is 68.7 Å². The molecule has 1 saturated heterocycles. The zero-order chi connectivity index (χ0) is 31.7. The highest BCUT2D eigenvalue weighted by Crippen LogP contribution is 2.38. The Kier molecular flexibility index (Phi) is 8.54.